The molecular weight excluding hydrogens is 240 g/mol. The molecule has 0 unspecified atom stereocenters. The lowest BCUT2D eigenvalue weighted by Gasteiger charge is -2.29. The number of ether oxygens (including phenoxy) is 2. The van der Waals surface area contributed by atoms with Crippen molar-refractivity contribution < 1.29 is 14.3 Å². The highest BCUT2D eigenvalue weighted by Crippen LogP contribution is 2.43. The van der Waals surface area contributed by atoms with Gasteiger partial charge >= 0.3 is 0 Å². The number of fused-ring (bicyclic) bond motifs is 2. The first-order valence-electron chi connectivity index (χ1n) is 7.10. The minimum atomic E-state index is 0.188. The Morgan fingerprint density at radius 3 is 2.37 bits per heavy atom. The Balaban J connectivity index is 2.21. The van der Waals surface area contributed by atoms with Gasteiger partial charge in [-0.2, -0.15) is 0 Å². The molecule has 0 aliphatic carbocycles. The van der Waals surface area contributed by atoms with E-state index in [0.29, 0.717) is 6.42 Å². The zero-order chi connectivity index (χ0) is 13.4. The first-order valence-corrected chi connectivity index (χ1v) is 7.10. The molecule has 0 saturated carbocycles. The molecule has 2 aliphatic heterocycles. The average Bonchev–Trinajstić information content (AvgIpc) is 2.43. The number of rotatable bonds is 2. The molecule has 0 radical (unpaired) electrons. The topological polar surface area (TPSA) is 35.5 Å². The van der Waals surface area contributed by atoms with Gasteiger partial charge in [-0.1, -0.05) is 0 Å². The highest BCUT2D eigenvalue weighted by molar-refractivity contribution is 5.80. The van der Waals surface area contributed by atoms with E-state index >= 15 is 0 Å². The summed E-state index contributed by atoms with van der Waals surface area (Å²) in [6.45, 7) is 5.31. The van der Waals surface area contributed by atoms with Crippen molar-refractivity contribution in [3.63, 3.8) is 0 Å². The first kappa shape index (κ1) is 12.5. The van der Waals surface area contributed by atoms with E-state index in [2.05, 4.69) is 6.92 Å². The summed E-state index contributed by atoms with van der Waals surface area (Å²) in [6.07, 6.45) is 4.56. The Kier molecular flexibility index (Phi) is 3.21. The molecule has 0 bridgehead atoms. The van der Waals surface area contributed by atoms with E-state index in [4.69, 9.17) is 9.47 Å². The molecule has 19 heavy (non-hydrogen) atoms. The summed E-state index contributed by atoms with van der Waals surface area (Å²) in [5.41, 5.74) is 4.77. The highest BCUT2D eigenvalue weighted by atomic mass is 16.5. The molecule has 2 aliphatic rings. The lowest BCUT2D eigenvalue weighted by molar-refractivity contribution is -0.116. The molecule has 3 rings (SSSR count). The maximum absolute atomic E-state index is 11.6. The maximum atomic E-state index is 11.6. The summed E-state index contributed by atoms with van der Waals surface area (Å²) in [5, 5.41) is 0. The van der Waals surface area contributed by atoms with Crippen LogP contribution in [0, 0.1) is 6.92 Å². The minimum Gasteiger partial charge on any atom is -0.493 e. The summed E-state index contributed by atoms with van der Waals surface area (Å²) >= 11 is 0. The fourth-order valence-corrected chi connectivity index (χ4v) is 3.21. The van der Waals surface area contributed by atoms with Crippen LogP contribution >= 0.6 is 0 Å². The summed E-state index contributed by atoms with van der Waals surface area (Å²) in [7, 11) is 0. The van der Waals surface area contributed by atoms with Gasteiger partial charge in [0.05, 0.1) is 13.2 Å². The van der Waals surface area contributed by atoms with Crippen LogP contribution in [0.15, 0.2) is 0 Å². The Labute approximate surface area is 113 Å². The number of hydrogen-bond donors (Lipinski definition) is 0. The van der Waals surface area contributed by atoms with Crippen molar-refractivity contribution >= 4 is 5.78 Å². The summed E-state index contributed by atoms with van der Waals surface area (Å²) in [4.78, 5) is 11.6. The number of hydrogen-bond acceptors (Lipinski definition) is 3. The van der Waals surface area contributed by atoms with Crippen molar-refractivity contribution in [3.05, 3.63) is 22.3 Å². The number of ketones is 1. The lowest BCUT2D eigenvalue weighted by Crippen LogP contribution is -2.19. The molecule has 0 saturated heterocycles. The van der Waals surface area contributed by atoms with Crippen LogP contribution in [-0.4, -0.2) is 19.0 Å². The molecule has 1 aromatic rings. The van der Waals surface area contributed by atoms with Crippen molar-refractivity contribution in [2.24, 2.45) is 0 Å². The van der Waals surface area contributed by atoms with E-state index in [-0.39, 0.29) is 5.78 Å². The van der Waals surface area contributed by atoms with Gasteiger partial charge in [0.15, 0.2) is 0 Å². The van der Waals surface area contributed by atoms with Crippen molar-refractivity contribution in [1.82, 2.24) is 0 Å². The first-order chi connectivity index (χ1) is 9.18. The van der Waals surface area contributed by atoms with Gasteiger partial charge in [0, 0.05) is 23.1 Å². The second-order valence-electron chi connectivity index (χ2n) is 5.50. The van der Waals surface area contributed by atoms with E-state index in [1.54, 1.807) is 6.92 Å². The third-order valence-corrected chi connectivity index (χ3v) is 4.04. The third-order valence-electron chi connectivity index (χ3n) is 4.04. The zero-order valence-corrected chi connectivity index (χ0v) is 11.7. The Bertz CT molecular complexity index is 494. The van der Waals surface area contributed by atoms with Gasteiger partial charge in [0.1, 0.15) is 17.3 Å². The van der Waals surface area contributed by atoms with E-state index in [9.17, 15) is 4.79 Å². The van der Waals surface area contributed by atoms with E-state index in [1.165, 1.54) is 16.7 Å². The van der Waals surface area contributed by atoms with Gasteiger partial charge < -0.3 is 9.47 Å². The predicted octanol–water partition coefficient (Wildman–Crippen LogP) is 2.78. The molecule has 0 spiro atoms. The van der Waals surface area contributed by atoms with Gasteiger partial charge in [-0.3, -0.25) is 4.79 Å². The van der Waals surface area contributed by atoms with Crippen LogP contribution in [0.4, 0.5) is 0 Å². The molecule has 0 amide bonds. The molecular formula is C16H20O3. The van der Waals surface area contributed by atoms with Crippen LogP contribution in [0.5, 0.6) is 11.5 Å². The van der Waals surface area contributed by atoms with Crippen molar-refractivity contribution in [2.75, 3.05) is 13.2 Å². The highest BCUT2D eigenvalue weighted by Gasteiger charge is 2.27. The maximum Gasteiger partial charge on any atom is 0.134 e. The third kappa shape index (κ3) is 2.11. The van der Waals surface area contributed by atoms with Gasteiger partial charge in [0.25, 0.3) is 0 Å². The van der Waals surface area contributed by atoms with Crippen LogP contribution in [0.1, 0.15) is 42.0 Å². The van der Waals surface area contributed by atoms with Crippen LogP contribution in [0.3, 0.4) is 0 Å². The number of carbonyl (C=O) groups is 1. The van der Waals surface area contributed by atoms with Crippen molar-refractivity contribution in [2.45, 2.75) is 46.0 Å². The molecule has 3 heteroatoms. The lowest BCUT2D eigenvalue weighted by atomic mass is 9.87. The molecule has 3 nitrogen and oxygen atoms in total. The Morgan fingerprint density at radius 2 is 1.68 bits per heavy atom. The minimum absolute atomic E-state index is 0.188. The van der Waals surface area contributed by atoms with Gasteiger partial charge in [-0.15, -0.1) is 0 Å². The number of carbonyl (C=O) groups excluding carboxylic acids is 1. The standard InChI is InChI=1S/C16H20O3/c1-10(17)9-14-13-6-4-7-18-15(13)11(2)12-5-3-8-19-16(12)14/h3-9H2,1-2H3. The van der Waals surface area contributed by atoms with Gasteiger partial charge in [0.2, 0.25) is 0 Å². The van der Waals surface area contributed by atoms with E-state index < -0.39 is 0 Å². The second kappa shape index (κ2) is 4.87. The zero-order valence-electron chi connectivity index (χ0n) is 11.7. The Hall–Kier alpha value is -1.51. The molecule has 0 atom stereocenters. The molecule has 2 heterocycles. The normalized spacial score (nSPS) is 16.9. The van der Waals surface area contributed by atoms with E-state index in [1.807, 2.05) is 0 Å². The quantitative estimate of drug-likeness (QED) is 0.820. The summed E-state index contributed by atoms with van der Waals surface area (Å²) < 4.78 is 11.8. The van der Waals surface area contributed by atoms with Crippen LogP contribution in [-0.2, 0) is 24.1 Å². The average molecular weight is 260 g/mol. The van der Waals surface area contributed by atoms with Gasteiger partial charge in [-0.05, 0) is 45.1 Å². The molecule has 0 aromatic heterocycles. The van der Waals surface area contributed by atoms with E-state index in [0.717, 1.165) is 56.0 Å². The van der Waals surface area contributed by atoms with Crippen molar-refractivity contribution in [3.8, 4) is 11.5 Å². The summed E-state index contributed by atoms with van der Waals surface area (Å²) in [5.74, 6) is 2.18. The van der Waals surface area contributed by atoms with Crippen LogP contribution < -0.4 is 9.47 Å². The monoisotopic (exact) mass is 260 g/mol. The largest absolute Gasteiger partial charge is 0.493 e. The molecule has 0 fully saturated rings. The number of Topliss-reactive ketones (excluding diaryl/α,β-unsaturated/α-hetero) is 1. The molecule has 0 N–H and O–H groups in total. The fourth-order valence-electron chi connectivity index (χ4n) is 3.21. The van der Waals surface area contributed by atoms with Crippen LogP contribution in [0.2, 0.25) is 0 Å². The SMILES string of the molecule is CC(=O)Cc1c2c(c(C)c3c1OCCC3)OCCC2. The summed E-state index contributed by atoms with van der Waals surface area (Å²) in [6, 6.07) is 0. The second-order valence-corrected chi connectivity index (χ2v) is 5.50. The Morgan fingerprint density at radius 1 is 1.05 bits per heavy atom. The van der Waals surface area contributed by atoms with Gasteiger partial charge in [-0.25, -0.2) is 0 Å². The smallest absolute Gasteiger partial charge is 0.134 e. The fraction of sp³-hybridized carbons (Fsp3) is 0.562. The molecule has 1 aromatic carbocycles. The number of benzene rings is 1. The van der Waals surface area contributed by atoms with Crippen LogP contribution in [0.25, 0.3) is 0 Å². The van der Waals surface area contributed by atoms with Crippen molar-refractivity contribution in [1.29, 1.82) is 0 Å². The molecule has 102 valence electrons. The predicted molar refractivity (Wildman–Crippen MR) is 73.2 cm³/mol.